The zero-order valence-electron chi connectivity index (χ0n) is 12.4. The van der Waals surface area contributed by atoms with E-state index in [1.165, 1.54) is 0 Å². The van der Waals surface area contributed by atoms with Crippen molar-refractivity contribution < 1.29 is 4.74 Å². The molecule has 2 heterocycles. The standard InChI is InChI=1S/C13H23N5OS/c1-4-14-11-15-12(18-5-7-19-8-6-18)17-13(16-11)20-9-10(2)3/h10H,4-9H2,1-3H3,(H,14,15,16,17). The zero-order chi connectivity index (χ0) is 14.4. The summed E-state index contributed by atoms with van der Waals surface area (Å²) in [6.45, 7) is 10.4. The number of morpholine rings is 1. The predicted molar refractivity (Wildman–Crippen MR) is 82.6 cm³/mol. The maximum absolute atomic E-state index is 5.37. The summed E-state index contributed by atoms with van der Waals surface area (Å²) in [5, 5.41) is 3.98. The van der Waals surface area contributed by atoms with E-state index in [-0.39, 0.29) is 0 Å². The van der Waals surface area contributed by atoms with E-state index < -0.39 is 0 Å². The van der Waals surface area contributed by atoms with E-state index in [1.54, 1.807) is 11.8 Å². The van der Waals surface area contributed by atoms with Gasteiger partial charge in [0.05, 0.1) is 13.2 Å². The number of nitrogens with zero attached hydrogens (tertiary/aromatic N) is 4. The Labute approximate surface area is 124 Å². The SMILES string of the molecule is CCNc1nc(SCC(C)C)nc(N2CCOCC2)n1. The minimum Gasteiger partial charge on any atom is -0.378 e. The number of rotatable bonds is 6. The number of thioether (sulfide) groups is 1. The molecule has 112 valence electrons. The lowest BCUT2D eigenvalue weighted by Crippen LogP contribution is -2.37. The minimum absolute atomic E-state index is 0.617. The lowest BCUT2D eigenvalue weighted by atomic mass is 10.3. The molecular weight excluding hydrogens is 274 g/mol. The fourth-order valence-corrected chi connectivity index (χ4v) is 2.57. The third kappa shape index (κ3) is 4.49. The number of nitrogens with one attached hydrogen (secondary N) is 1. The van der Waals surface area contributed by atoms with Crippen LogP contribution in [0, 0.1) is 5.92 Å². The average Bonchev–Trinajstić information content (AvgIpc) is 2.46. The molecule has 20 heavy (non-hydrogen) atoms. The monoisotopic (exact) mass is 297 g/mol. The average molecular weight is 297 g/mol. The number of aromatic nitrogens is 3. The molecule has 0 amide bonds. The Kier molecular flexibility index (Phi) is 5.85. The van der Waals surface area contributed by atoms with Crippen molar-refractivity contribution >= 4 is 23.7 Å². The second kappa shape index (κ2) is 7.64. The molecule has 0 bridgehead atoms. The first-order chi connectivity index (χ1) is 9.69. The van der Waals surface area contributed by atoms with E-state index in [0.717, 1.165) is 49.7 Å². The number of hydrogen-bond acceptors (Lipinski definition) is 7. The van der Waals surface area contributed by atoms with Gasteiger partial charge in [0.1, 0.15) is 0 Å². The Bertz CT molecular complexity index is 423. The van der Waals surface area contributed by atoms with Gasteiger partial charge in [-0.05, 0) is 12.8 Å². The molecule has 0 saturated carbocycles. The van der Waals surface area contributed by atoms with Crippen LogP contribution in [0.15, 0.2) is 5.16 Å². The Morgan fingerprint density at radius 2 is 2.00 bits per heavy atom. The lowest BCUT2D eigenvalue weighted by molar-refractivity contribution is 0.122. The van der Waals surface area contributed by atoms with Crippen LogP contribution in [0.5, 0.6) is 0 Å². The van der Waals surface area contributed by atoms with Crippen molar-refractivity contribution in [2.24, 2.45) is 5.92 Å². The summed E-state index contributed by atoms with van der Waals surface area (Å²) in [6, 6.07) is 0. The van der Waals surface area contributed by atoms with Crippen LogP contribution >= 0.6 is 11.8 Å². The first-order valence-electron chi connectivity index (χ1n) is 7.14. The molecule has 1 saturated heterocycles. The number of anilines is 2. The van der Waals surface area contributed by atoms with Crippen molar-refractivity contribution in [1.29, 1.82) is 0 Å². The van der Waals surface area contributed by atoms with Gasteiger partial charge in [-0.15, -0.1) is 0 Å². The molecule has 1 aromatic heterocycles. The van der Waals surface area contributed by atoms with Gasteiger partial charge in [-0.3, -0.25) is 0 Å². The van der Waals surface area contributed by atoms with Gasteiger partial charge in [0.15, 0.2) is 5.16 Å². The maximum Gasteiger partial charge on any atom is 0.231 e. The molecule has 0 unspecified atom stereocenters. The van der Waals surface area contributed by atoms with Crippen LogP contribution in [-0.2, 0) is 4.74 Å². The topological polar surface area (TPSA) is 63.2 Å². The van der Waals surface area contributed by atoms with Gasteiger partial charge in [-0.2, -0.15) is 15.0 Å². The van der Waals surface area contributed by atoms with Gasteiger partial charge in [0.25, 0.3) is 0 Å². The van der Waals surface area contributed by atoms with Crippen LogP contribution in [0.2, 0.25) is 0 Å². The Balaban J connectivity index is 2.15. The van der Waals surface area contributed by atoms with Crippen LogP contribution in [-0.4, -0.2) is 53.6 Å². The van der Waals surface area contributed by atoms with Crippen molar-refractivity contribution in [1.82, 2.24) is 15.0 Å². The van der Waals surface area contributed by atoms with Crippen molar-refractivity contribution in [2.75, 3.05) is 48.8 Å². The molecule has 1 aliphatic rings. The van der Waals surface area contributed by atoms with Crippen LogP contribution in [0.25, 0.3) is 0 Å². The molecule has 1 aliphatic heterocycles. The Morgan fingerprint density at radius 1 is 1.25 bits per heavy atom. The summed E-state index contributed by atoms with van der Waals surface area (Å²) in [4.78, 5) is 15.7. The van der Waals surface area contributed by atoms with Crippen molar-refractivity contribution in [2.45, 2.75) is 25.9 Å². The maximum atomic E-state index is 5.37. The van der Waals surface area contributed by atoms with Crippen LogP contribution < -0.4 is 10.2 Å². The second-order valence-electron chi connectivity index (χ2n) is 5.08. The van der Waals surface area contributed by atoms with Gasteiger partial charge >= 0.3 is 0 Å². The van der Waals surface area contributed by atoms with Crippen LogP contribution in [0.4, 0.5) is 11.9 Å². The summed E-state index contributed by atoms with van der Waals surface area (Å²) in [6.07, 6.45) is 0. The van der Waals surface area contributed by atoms with Gasteiger partial charge in [-0.1, -0.05) is 25.6 Å². The Hall–Kier alpha value is -1.08. The molecular formula is C13H23N5OS. The highest BCUT2D eigenvalue weighted by Crippen LogP contribution is 2.21. The fraction of sp³-hybridized carbons (Fsp3) is 0.769. The Morgan fingerprint density at radius 3 is 2.65 bits per heavy atom. The highest BCUT2D eigenvalue weighted by molar-refractivity contribution is 7.99. The first-order valence-corrected chi connectivity index (χ1v) is 8.13. The summed E-state index contributed by atoms with van der Waals surface area (Å²) in [5.41, 5.74) is 0. The highest BCUT2D eigenvalue weighted by atomic mass is 32.2. The van der Waals surface area contributed by atoms with Gasteiger partial charge in [0.2, 0.25) is 11.9 Å². The fourth-order valence-electron chi connectivity index (χ4n) is 1.79. The smallest absolute Gasteiger partial charge is 0.231 e. The second-order valence-corrected chi connectivity index (χ2v) is 6.06. The van der Waals surface area contributed by atoms with Gasteiger partial charge < -0.3 is 15.0 Å². The predicted octanol–water partition coefficient (Wildman–Crippen LogP) is 1.89. The molecule has 0 aromatic carbocycles. The van der Waals surface area contributed by atoms with Crippen molar-refractivity contribution in [3.8, 4) is 0 Å². The normalized spacial score (nSPS) is 15.7. The lowest BCUT2D eigenvalue weighted by Gasteiger charge is -2.27. The molecule has 0 atom stereocenters. The summed E-state index contributed by atoms with van der Waals surface area (Å²) >= 11 is 1.69. The summed E-state index contributed by atoms with van der Waals surface area (Å²) in [7, 11) is 0. The van der Waals surface area contributed by atoms with E-state index in [4.69, 9.17) is 4.74 Å². The highest BCUT2D eigenvalue weighted by Gasteiger charge is 2.16. The van der Waals surface area contributed by atoms with Crippen LogP contribution in [0.1, 0.15) is 20.8 Å². The van der Waals surface area contributed by atoms with Crippen LogP contribution in [0.3, 0.4) is 0 Å². The summed E-state index contributed by atoms with van der Waals surface area (Å²) in [5.74, 6) is 3.05. The van der Waals surface area contributed by atoms with E-state index in [0.29, 0.717) is 11.9 Å². The molecule has 2 rings (SSSR count). The third-order valence-electron chi connectivity index (χ3n) is 2.78. The minimum atomic E-state index is 0.617. The molecule has 6 nitrogen and oxygen atoms in total. The van der Waals surface area contributed by atoms with E-state index in [1.807, 2.05) is 6.92 Å². The largest absolute Gasteiger partial charge is 0.378 e. The van der Waals surface area contributed by atoms with E-state index in [9.17, 15) is 0 Å². The summed E-state index contributed by atoms with van der Waals surface area (Å²) < 4.78 is 5.37. The molecule has 1 N–H and O–H groups in total. The number of hydrogen-bond donors (Lipinski definition) is 1. The number of ether oxygens (including phenoxy) is 1. The first kappa shape index (κ1) is 15.3. The van der Waals surface area contributed by atoms with Crippen molar-refractivity contribution in [3.05, 3.63) is 0 Å². The molecule has 0 aliphatic carbocycles. The van der Waals surface area contributed by atoms with E-state index in [2.05, 4.69) is 39.0 Å². The van der Waals surface area contributed by atoms with Gasteiger partial charge in [-0.25, -0.2) is 0 Å². The third-order valence-corrected chi connectivity index (χ3v) is 4.05. The quantitative estimate of drug-likeness (QED) is 0.804. The molecule has 1 aromatic rings. The molecule has 1 fully saturated rings. The van der Waals surface area contributed by atoms with E-state index >= 15 is 0 Å². The molecule has 0 spiro atoms. The van der Waals surface area contributed by atoms with Gasteiger partial charge in [0, 0.05) is 25.4 Å². The van der Waals surface area contributed by atoms with Crippen molar-refractivity contribution in [3.63, 3.8) is 0 Å². The molecule has 7 heteroatoms. The zero-order valence-corrected chi connectivity index (χ0v) is 13.2. The molecule has 0 radical (unpaired) electrons.